The van der Waals surface area contributed by atoms with Crippen molar-refractivity contribution < 1.29 is 22.8 Å². The SMILES string of the molecule is CCOC(CNCCC[Si](OCC)(OCC)OCC)OCC. The molecule has 0 saturated carbocycles. The fourth-order valence-electron chi connectivity index (χ4n) is 2.19. The Kier molecular flexibility index (Phi) is 14.5. The van der Waals surface area contributed by atoms with Gasteiger partial charge >= 0.3 is 8.80 Å². The number of ether oxygens (including phenoxy) is 2. The largest absolute Gasteiger partial charge is 0.500 e. The van der Waals surface area contributed by atoms with Gasteiger partial charge in [0.1, 0.15) is 0 Å². The highest BCUT2D eigenvalue weighted by molar-refractivity contribution is 6.60. The average Bonchev–Trinajstić information content (AvgIpc) is 2.48. The Balaban J connectivity index is 4.09. The van der Waals surface area contributed by atoms with E-state index in [0.717, 1.165) is 19.0 Å². The van der Waals surface area contributed by atoms with Crippen LogP contribution in [0.4, 0.5) is 0 Å². The topological polar surface area (TPSA) is 58.2 Å². The van der Waals surface area contributed by atoms with E-state index in [4.69, 9.17) is 22.8 Å². The highest BCUT2D eigenvalue weighted by Gasteiger charge is 2.39. The first kappa shape index (κ1) is 22.0. The summed E-state index contributed by atoms with van der Waals surface area (Å²) >= 11 is 0. The number of rotatable bonds is 16. The second-order valence-corrected chi connectivity index (χ2v) is 7.36. The van der Waals surface area contributed by atoms with Crippen molar-refractivity contribution in [3.05, 3.63) is 0 Å². The van der Waals surface area contributed by atoms with Crippen LogP contribution in [0.1, 0.15) is 41.0 Å². The first-order chi connectivity index (χ1) is 10.7. The Hall–Kier alpha value is -0.0231. The third kappa shape index (κ3) is 9.89. The molecule has 0 fully saturated rings. The van der Waals surface area contributed by atoms with Crippen LogP contribution in [-0.2, 0) is 22.8 Å². The summed E-state index contributed by atoms with van der Waals surface area (Å²) in [6.07, 6.45) is 0.764. The molecular formula is C15H35NO5Si. The standard InChI is InChI=1S/C15H35NO5Si/c1-6-17-15(18-7-2)14-16-12-11-13-22(19-8-3,20-9-4)21-10-5/h15-16H,6-14H2,1-5H3. The second kappa shape index (κ2) is 14.6. The molecule has 0 aliphatic rings. The van der Waals surface area contributed by atoms with E-state index in [-0.39, 0.29) is 6.29 Å². The quantitative estimate of drug-likeness (QED) is 0.265. The van der Waals surface area contributed by atoms with Crippen molar-refractivity contribution in [1.82, 2.24) is 5.32 Å². The molecule has 0 aromatic heterocycles. The van der Waals surface area contributed by atoms with Gasteiger partial charge in [0.25, 0.3) is 0 Å². The summed E-state index contributed by atoms with van der Waals surface area (Å²) in [5.41, 5.74) is 0. The minimum atomic E-state index is -2.51. The molecule has 1 N–H and O–H groups in total. The lowest BCUT2D eigenvalue weighted by Crippen LogP contribution is -2.46. The predicted octanol–water partition coefficient (Wildman–Crippen LogP) is 2.41. The molecule has 0 heterocycles. The van der Waals surface area contributed by atoms with Crippen molar-refractivity contribution in [2.75, 3.05) is 46.1 Å². The number of hydrogen-bond donors (Lipinski definition) is 1. The van der Waals surface area contributed by atoms with Crippen molar-refractivity contribution in [2.24, 2.45) is 0 Å². The Morgan fingerprint density at radius 3 is 1.68 bits per heavy atom. The molecule has 0 unspecified atom stereocenters. The van der Waals surface area contributed by atoms with Crippen LogP contribution >= 0.6 is 0 Å². The molecule has 0 aromatic carbocycles. The lowest BCUT2D eigenvalue weighted by atomic mass is 10.4. The molecule has 0 amide bonds. The molecular weight excluding hydrogens is 302 g/mol. The minimum Gasteiger partial charge on any atom is -0.374 e. The van der Waals surface area contributed by atoms with E-state index < -0.39 is 8.80 Å². The van der Waals surface area contributed by atoms with Gasteiger partial charge in [-0.2, -0.15) is 0 Å². The van der Waals surface area contributed by atoms with Crippen LogP contribution in [-0.4, -0.2) is 61.2 Å². The van der Waals surface area contributed by atoms with E-state index in [1.165, 1.54) is 0 Å². The van der Waals surface area contributed by atoms with Gasteiger partial charge in [-0.05, 0) is 47.6 Å². The molecule has 0 rings (SSSR count). The maximum atomic E-state index is 5.83. The van der Waals surface area contributed by atoms with Gasteiger partial charge in [-0.15, -0.1) is 0 Å². The van der Waals surface area contributed by atoms with Gasteiger partial charge in [0, 0.05) is 45.6 Å². The highest BCUT2D eigenvalue weighted by Crippen LogP contribution is 2.17. The Morgan fingerprint density at radius 1 is 0.773 bits per heavy atom. The second-order valence-electron chi connectivity index (χ2n) is 4.63. The van der Waals surface area contributed by atoms with Crippen LogP contribution in [0.3, 0.4) is 0 Å². The van der Waals surface area contributed by atoms with E-state index in [1.54, 1.807) is 0 Å². The third-order valence-electron chi connectivity index (χ3n) is 2.95. The van der Waals surface area contributed by atoms with Crippen LogP contribution in [0.5, 0.6) is 0 Å². The molecule has 7 heteroatoms. The monoisotopic (exact) mass is 337 g/mol. The van der Waals surface area contributed by atoms with Crippen LogP contribution in [0.15, 0.2) is 0 Å². The van der Waals surface area contributed by atoms with E-state index in [9.17, 15) is 0 Å². The summed E-state index contributed by atoms with van der Waals surface area (Å²) in [7, 11) is -2.51. The Bertz CT molecular complexity index is 223. The van der Waals surface area contributed by atoms with E-state index in [0.29, 0.717) is 39.6 Å². The number of nitrogens with one attached hydrogen (secondary N) is 1. The molecule has 22 heavy (non-hydrogen) atoms. The van der Waals surface area contributed by atoms with Crippen LogP contribution in [0.2, 0.25) is 6.04 Å². The Labute approximate surface area is 137 Å². The zero-order valence-corrected chi connectivity index (χ0v) is 16.0. The van der Waals surface area contributed by atoms with Gasteiger partial charge in [-0.1, -0.05) is 0 Å². The molecule has 0 aliphatic heterocycles. The number of hydrogen-bond acceptors (Lipinski definition) is 6. The molecule has 0 bridgehead atoms. The van der Waals surface area contributed by atoms with E-state index in [1.807, 2.05) is 34.6 Å². The maximum absolute atomic E-state index is 5.83. The summed E-state index contributed by atoms with van der Waals surface area (Å²) in [4.78, 5) is 0. The molecule has 0 atom stereocenters. The van der Waals surface area contributed by atoms with Crippen LogP contribution in [0.25, 0.3) is 0 Å². The fourth-order valence-corrected chi connectivity index (χ4v) is 4.80. The molecule has 0 spiro atoms. The summed E-state index contributed by atoms with van der Waals surface area (Å²) in [6, 6.07) is 0.823. The molecule has 134 valence electrons. The average molecular weight is 338 g/mol. The normalized spacial score (nSPS) is 12.3. The van der Waals surface area contributed by atoms with Crippen molar-refractivity contribution in [2.45, 2.75) is 53.4 Å². The maximum Gasteiger partial charge on any atom is 0.500 e. The lowest BCUT2D eigenvalue weighted by molar-refractivity contribution is -0.132. The van der Waals surface area contributed by atoms with Gasteiger partial charge in [0.2, 0.25) is 0 Å². The third-order valence-corrected chi connectivity index (χ3v) is 6.10. The fraction of sp³-hybridized carbons (Fsp3) is 1.00. The van der Waals surface area contributed by atoms with Crippen molar-refractivity contribution in [1.29, 1.82) is 0 Å². The zero-order chi connectivity index (χ0) is 16.7. The summed E-state index contributed by atoms with van der Waals surface area (Å²) < 4.78 is 28.5. The first-order valence-electron chi connectivity index (χ1n) is 8.53. The predicted molar refractivity (Wildman–Crippen MR) is 90.0 cm³/mol. The van der Waals surface area contributed by atoms with Crippen molar-refractivity contribution in [3.63, 3.8) is 0 Å². The molecule has 6 nitrogen and oxygen atoms in total. The Morgan fingerprint density at radius 2 is 1.27 bits per heavy atom. The molecule has 0 saturated heterocycles. The van der Waals surface area contributed by atoms with Crippen molar-refractivity contribution in [3.8, 4) is 0 Å². The lowest BCUT2D eigenvalue weighted by Gasteiger charge is -2.28. The van der Waals surface area contributed by atoms with Crippen LogP contribution < -0.4 is 5.32 Å². The van der Waals surface area contributed by atoms with Gasteiger partial charge in [0.05, 0.1) is 0 Å². The smallest absolute Gasteiger partial charge is 0.374 e. The van der Waals surface area contributed by atoms with E-state index in [2.05, 4.69) is 5.32 Å². The molecule has 0 radical (unpaired) electrons. The minimum absolute atomic E-state index is 0.178. The first-order valence-corrected chi connectivity index (χ1v) is 10.5. The molecule has 0 aromatic rings. The summed E-state index contributed by atoms with van der Waals surface area (Å²) in [5, 5.41) is 3.36. The highest BCUT2D eigenvalue weighted by atomic mass is 28.4. The van der Waals surface area contributed by atoms with Gasteiger partial charge in [-0.3, -0.25) is 0 Å². The summed E-state index contributed by atoms with van der Waals surface area (Å²) in [5.74, 6) is 0. The zero-order valence-electron chi connectivity index (χ0n) is 15.0. The summed E-state index contributed by atoms with van der Waals surface area (Å²) in [6.45, 7) is 14.6. The van der Waals surface area contributed by atoms with Crippen LogP contribution in [0, 0.1) is 0 Å². The van der Waals surface area contributed by atoms with E-state index >= 15 is 0 Å². The van der Waals surface area contributed by atoms with Gasteiger partial charge < -0.3 is 28.1 Å². The van der Waals surface area contributed by atoms with Crippen molar-refractivity contribution >= 4 is 8.80 Å². The molecule has 0 aliphatic carbocycles. The van der Waals surface area contributed by atoms with Gasteiger partial charge in [-0.25, -0.2) is 0 Å². The van der Waals surface area contributed by atoms with Gasteiger partial charge in [0.15, 0.2) is 6.29 Å².